The lowest BCUT2D eigenvalue weighted by Crippen LogP contribution is -2.30. The summed E-state index contributed by atoms with van der Waals surface area (Å²) in [7, 11) is 0. The Morgan fingerprint density at radius 1 is 1.12 bits per heavy atom. The van der Waals surface area contributed by atoms with Gasteiger partial charge in [-0.3, -0.25) is 4.79 Å². The second-order valence-electron chi connectivity index (χ2n) is 6.70. The van der Waals surface area contributed by atoms with Crippen LogP contribution in [0.25, 0.3) is 16.9 Å². The second-order valence-corrected chi connectivity index (χ2v) is 6.70. The molecule has 2 aromatic heterocycles. The monoisotopic (exact) mass is 334 g/mol. The van der Waals surface area contributed by atoms with Crippen molar-refractivity contribution in [3.05, 3.63) is 54.4 Å². The Balaban J connectivity index is 1.57. The van der Waals surface area contributed by atoms with Gasteiger partial charge in [-0.2, -0.15) is 5.10 Å². The van der Waals surface area contributed by atoms with Crippen LogP contribution in [-0.4, -0.2) is 27.0 Å². The summed E-state index contributed by atoms with van der Waals surface area (Å²) in [4.78, 5) is 17.0. The van der Waals surface area contributed by atoms with Crippen molar-refractivity contribution in [1.29, 1.82) is 0 Å². The minimum Gasteiger partial charge on any atom is -0.352 e. The van der Waals surface area contributed by atoms with E-state index in [0.717, 1.165) is 17.8 Å². The predicted molar refractivity (Wildman–Crippen MR) is 97.3 cm³/mol. The molecule has 1 N–H and O–H groups in total. The van der Waals surface area contributed by atoms with Gasteiger partial charge in [-0.25, -0.2) is 9.50 Å². The molecule has 5 heteroatoms. The summed E-state index contributed by atoms with van der Waals surface area (Å²) in [5.41, 5.74) is 3.11. The number of rotatable bonds is 4. The standard InChI is InChI=1S/C20H22N4O/c25-20(22-13-15-7-3-1-4-8-15)17-14-23-24-18(11-12-21-19(17)24)16-9-5-2-6-10-16/h2,5-6,9-12,14-15H,1,3-4,7-8,13H2,(H,22,25). The van der Waals surface area contributed by atoms with E-state index < -0.39 is 0 Å². The summed E-state index contributed by atoms with van der Waals surface area (Å²) < 4.78 is 1.74. The SMILES string of the molecule is O=C(NCC1CCCCC1)c1cnn2c(-c3ccccc3)ccnc12. The van der Waals surface area contributed by atoms with Crippen LogP contribution < -0.4 is 5.32 Å². The van der Waals surface area contributed by atoms with Crippen molar-refractivity contribution >= 4 is 11.6 Å². The Bertz CT molecular complexity index is 866. The number of benzene rings is 1. The smallest absolute Gasteiger partial charge is 0.256 e. The van der Waals surface area contributed by atoms with E-state index in [1.54, 1.807) is 16.9 Å². The second kappa shape index (κ2) is 7.05. The molecule has 4 rings (SSSR count). The summed E-state index contributed by atoms with van der Waals surface area (Å²) in [5, 5.41) is 7.48. The summed E-state index contributed by atoms with van der Waals surface area (Å²) in [6, 6.07) is 11.9. The molecule has 1 aromatic carbocycles. The van der Waals surface area contributed by atoms with Gasteiger partial charge in [0.2, 0.25) is 0 Å². The average Bonchev–Trinajstić information content (AvgIpc) is 3.12. The normalized spacial score (nSPS) is 15.4. The van der Waals surface area contributed by atoms with Gasteiger partial charge in [0, 0.05) is 18.3 Å². The highest BCUT2D eigenvalue weighted by molar-refractivity contribution is 5.99. The Hall–Kier alpha value is -2.69. The molecular formula is C20H22N4O. The van der Waals surface area contributed by atoms with Gasteiger partial charge in [-0.1, -0.05) is 49.6 Å². The van der Waals surface area contributed by atoms with Gasteiger partial charge in [0.15, 0.2) is 5.65 Å². The first kappa shape index (κ1) is 15.8. The third kappa shape index (κ3) is 3.27. The Labute approximate surface area is 147 Å². The van der Waals surface area contributed by atoms with Crippen LogP contribution in [0.4, 0.5) is 0 Å². The third-order valence-electron chi connectivity index (χ3n) is 4.99. The van der Waals surface area contributed by atoms with Crippen molar-refractivity contribution < 1.29 is 4.79 Å². The highest BCUT2D eigenvalue weighted by atomic mass is 16.1. The fraction of sp³-hybridized carbons (Fsp3) is 0.350. The fourth-order valence-electron chi connectivity index (χ4n) is 3.60. The molecule has 1 saturated carbocycles. The zero-order chi connectivity index (χ0) is 17.1. The molecule has 0 saturated heterocycles. The minimum absolute atomic E-state index is 0.0849. The van der Waals surface area contributed by atoms with Crippen LogP contribution in [0.5, 0.6) is 0 Å². The molecule has 25 heavy (non-hydrogen) atoms. The topological polar surface area (TPSA) is 59.3 Å². The quantitative estimate of drug-likeness (QED) is 0.791. The molecule has 1 aliphatic carbocycles. The first-order chi connectivity index (χ1) is 12.3. The number of aromatic nitrogens is 3. The molecule has 5 nitrogen and oxygen atoms in total. The number of nitrogens with one attached hydrogen (secondary N) is 1. The number of nitrogens with zero attached hydrogens (tertiary/aromatic N) is 3. The van der Waals surface area contributed by atoms with Gasteiger partial charge in [0.1, 0.15) is 5.56 Å². The lowest BCUT2D eigenvalue weighted by atomic mass is 9.89. The first-order valence-corrected chi connectivity index (χ1v) is 8.99. The van der Waals surface area contributed by atoms with Crippen molar-refractivity contribution in [3.8, 4) is 11.3 Å². The molecule has 0 atom stereocenters. The van der Waals surface area contributed by atoms with E-state index >= 15 is 0 Å². The van der Waals surface area contributed by atoms with Gasteiger partial charge in [0.05, 0.1) is 11.9 Å². The third-order valence-corrected chi connectivity index (χ3v) is 4.99. The maximum Gasteiger partial charge on any atom is 0.256 e. The zero-order valence-corrected chi connectivity index (χ0v) is 14.2. The van der Waals surface area contributed by atoms with Crippen LogP contribution in [0.1, 0.15) is 42.5 Å². The molecule has 0 unspecified atom stereocenters. The Kier molecular flexibility index (Phi) is 4.46. The van der Waals surface area contributed by atoms with E-state index in [-0.39, 0.29) is 5.91 Å². The molecular weight excluding hydrogens is 312 g/mol. The number of amides is 1. The van der Waals surface area contributed by atoms with Crippen LogP contribution in [0.2, 0.25) is 0 Å². The van der Waals surface area contributed by atoms with E-state index in [4.69, 9.17) is 0 Å². The molecule has 1 amide bonds. The zero-order valence-electron chi connectivity index (χ0n) is 14.2. The van der Waals surface area contributed by atoms with Gasteiger partial charge >= 0.3 is 0 Å². The number of hydrogen-bond acceptors (Lipinski definition) is 3. The van der Waals surface area contributed by atoms with Crippen molar-refractivity contribution in [2.75, 3.05) is 6.54 Å². The number of fused-ring (bicyclic) bond motifs is 1. The summed E-state index contributed by atoms with van der Waals surface area (Å²) in [6.45, 7) is 0.745. The number of carbonyl (C=O) groups excluding carboxylic acids is 1. The first-order valence-electron chi connectivity index (χ1n) is 8.99. The van der Waals surface area contributed by atoms with Crippen molar-refractivity contribution in [3.63, 3.8) is 0 Å². The minimum atomic E-state index is -0.0849. The number of hydrogen-bond donors (Lipinski definition) is 1. The van der Waals surface area contributed by atoms with Crippen LogP contribution in [0, 0.1) is 5.92 Å². The lowest BCUT2D eigenvalue weighted by molar-refractivity contribution is 0.0945. The maximum absolute atomic E-state index is 12.6. The summed E-state index contributed by atoms with van der Waals surface area (Å²) in [6.07, 6.45) is 9.66. The molecule has 0 spiro atoms. The van der Waals surface area contributed by atoms with Crippen molar-refractivity contribution in [1.82, 2.24) is 19.9 Å². The highest BCUT2D eigenvalue weighted by Crippen LogP contribution is 2.23. The largest absolute Gasteiger partial charge is 0.352 e. The van der Waals surface area contributed by atoms with Crippen molar-refractivity contribution in [2.24, 2.45) is 5.92 Å². The summed E-state index contributed by atoms with van der Waals surface area (Å²) in [5.74, 6) is 0.519. The summed E-state index contributed by atoms with van der Waals surface area (Å²) >= 11 is 0. The average molecular weight is 334 g/mol. The van der Waals surface area contributed by atoms with E-state index in [0.29, 0.717) is 17.1 Å². The van der Waals surface area contributed by atoms with Gasteiger partial charge in [0.25, 0.3) is 5.91 Å². The van der Waals surface area contributed by atoms with Crippen LogP contribution in [-0.2, 0) is 0 Å². The van der Waals surface area contributed by atoms with Gasteiger partial charge < -0.3 is 5.32 Å². The molecule has 0 aliphatic heterocycles. The lowest BCUT2D eigenvalue weighted by Gasteiger charge is -2.21. The van der Waals surface area contributed by atoms with Crippen LogP contribution in [0.3, 0.4) is 0 Å². The van der Waals surface area contributed by atoms with Gasteiger partial charge in [-0.05, 0) is 24.8 Å². The van der Waals surface area contributed by atoms with Gasteiger partial charge in [-0.15, -0.1) is 0 Å². The molecule has 0 radical (unpaired) electrons. The van der Waals surface area contributed by atoms with E-state index in [2.05, 4.69) is 15.4 Å². The van der Waals surface area contributed by atoms with Crippen LogP contribution >= 0.6 is 0 Å². The maximum atomic E-state index is 12.6. The molecule has 128 valence electrons. The van der Waals surface area contributed by atoms with Crippen molar-refractivity contribution in [2.45, 2.75) is 32.1 Å². The highest BCUT2D eigenvalue weighted by Gasteiger charge is 2.18. The Morgan fingerprint density at radius 2 is 1.92 bits per heavy atom. The number of carbonyl (C=O) groups is 1. The van der Waals surface area contributed by atoms with E-state index in [9.17, 15) is 4.79 Å². The molecule has 3 aromatic rings. The Morgan fingerprint density at radius 3 is 2.72 bits per heavy atom. The predicted octanol–water partition coefficient (Wildman–Crippen LogP) is 3.71. The molecule has 1 aliphatic rings. The van der Waals surface area contributed by atoms with E-state index in [1.165, 1.54) is 32.1 Å². The fourth-order valence-corrected chi connectivity index (χ4v) is 3.60. The van der Waals surface area contributed by atoms with E-state index in [1.807, 2.05) is 36.4 Å². The molecule has 1 fully saturated rings. The van der Waals surface area contributed by atoms with Crippen LogP contribution in [0.15, 0.2) is 48.8 Å². The molecule has 2 heterocycles. The molecule has 0 bridgehead atoms.